The van der Waals surface area contributed by atoms with Gasteiger partial charge in [0.1, 0.15) is 4.90 Å². The van der Waals surface area contributed by atoms with E-state index in [0.29, 0.717) is 5.69 Å². The molecule has 7 nitrogen and oxygen atoms in total. The van der Waals surface area contributed by atoms with Crippen LogP contribution in [0.5, 0.6) is 0 Å². The first-order valence-corrected chi connectivity index (χ1v) is 10.1. The van der Waals surface area contributed by atoms with Gasteiger partial charge in [-0.3, -0.25) is 14.1 Å². The summed E-state index contributed by atoms with van der Waals surface area (Å²) >= 11 is 0. The Bertz CT molecular complexity index is 1300. The standard InChI is InChI=1S/C21H16N2O5S/c1-11-6-8-12(9-7-11)23-15-10-16(29(26,27)28)19(22)18-17(15)20(24)13-4-2-3-5-14(13)21(18)25/h2-10,23H,22H2,1H3,(H,26,27,28). The minimum Gasteiger partial charge on any atom is -0.397 e. The zero-order chi connectivity index (χ0) is 20.9. The van der Waals surface area contributed by atoms with Crippen molar-refractivity contribution in [2.75, 3.05) is 11.1 Å². The van der Waals surface area contributed by atoms with Crippen LogP contribution in [-0.2, 0) is 10.1 Å². The molecule has 4 N–H and O–H groups in total. The first-order valence-electron chi connectivity index (χ1n) is 8.64. The van der Waals surface area contributed by atoms with Crippen LogP contribution in [0.1, 0.15) is 37.4 Å². The molecule has 0 spiro atoms. The molecule has 0 atom stereocenters. The van der Waals surface area contributed by atoms with E-state index in [0.717, 1.165) is 11.6 Å². The minimum absolute atomic E-state index is 0.0285. The topological polar surface area (TPSA) is 127 Å². The molecular weight excluding hydrogens is 392 g/mol. The van der Waals surface area contributed by atoms with E-state index in [1.807, 2.05) is 19.1 Å². The van der Waals surface area contributed by atoms with E-state index in [1.54, 1.807) is 24.3 Å². The summed E-state index contributed by atoms with van der Waals surface area (Å²) in [5.41, 5.74) is 7.21. The molecule has 0 aliphatic heterocycles. The highest BCUT2D eigenvalue weighted by Crippen LogP contribution is 2.39. The van der Waals surface area contributed by atoms with Gasteiger partial charge in [0.25, 0.3) is 10.1 Å². The number of hydrogen-bond acceptors (Lipinski definition) is 6. The highest BCUT2D eigenvalue weighted by molar-refractivity contribution is 7.86. The third kappa shape index (κ3) is 3.08. The van der Waals surface area contributed by atoms with Crippen molar-refractivity contribution in [3.63, 3.8) is 0 Å². The molecule has 0 saturated heterocycles. The smallest absolute Gasteiger partial charge is 0.296 e. The molecule has 3 aromatic carbocycles. The molecule has 0 unspecified atom stereocenters. The first kappa shape index (κ1) is 18.9. The number of hydrogen-bond donors (Lipinski definition) is 3. The van der Waals surface area contributed by atoms with Gasteiger partial charge in [-0.15, -0.1) is 0 Å². The predicted molar refractivity (Wildman–Crippen MR) is 108 cm³/mol. The maximum Gasteiger partial charge on any atom is 0.296 e. The average Bonchev–Trinajstić information content (AvgIpc) is 2.68. The van der Waals surface area contributed by atoms with Crippen LogP contribution in [0, 0.1) is 6.92 Å². The van der Waals surface area contributed by atoms with Crippen LogP contribution >= 0.6 is 0 Å². The van der Waals surface area contributed by atoms with Crippen molar-refractivity contribution in [2.24, 2.45) is 0 Å². The Hall–Kier alpha value is -3.49. The van der Waals surface area contributed by atoms with Gasteiger partial charge in [0.05, 0.1) is 22.5 Å². The highest BCUT2D eigenvalue weighted by atomic mass is 32.2. The quantitative estimate of drug-likeness (QED) is 0.350. The van der Waals surface area contributed by atoms with Gasteiger partial charge in [0, 0.05) is 16.8 Å². The molecule has 0 amide bonds. The van der Waals surface area contributed by atoms with Crippen LogP contribution in [-0.4, -0.2) is 24.5 Å². The molecule has 1 aliphatic rings. The number of nitrogens with two attached hydrogens (primary N) is 1. The number of fused-ring (bicyclic) bond motifs is 2. The van der Waals surface area contributed by atoms with Gasteiger partial charge < -0.3 is 11.1 Å². The maximum absolute atomic E-state index is 13.2. The van der Waals surface area contributed by atoms with E-state index in [2.05, 4.69) is 5.32 Å². The largest absolute Gasteiger partial charge is 0.397 e. The fourth-order valence-electron chi connectivity index (χ4n) is 3.40. The monoisotopic (exact) mass is 408 g/mol. The Morgan fingerprint density at radius 1 is 0.897 bits per heavy atom. The Labute approximate surface area is 166 Å². The van der Waals surface area contributed by atoms with Gasteiger partial charge in [-0.1, -0.05) is 42.0 Å². The van der Waals surface area contributed by atoms with Crippen molar-refractivity contribution < 1.29 is 22.6 Å². The molecule has 0 fully saturated rings. The number of carbonyl (C=O) groups is 2. The Kier molecular flexibility index (Phi) is 4.25. The van der Waals surface area contributed by atoms with E-state index in [4.69, 9.17) is 5.73 Å². The molecule has 1 aliphatic carbocycles. The van der Waals surface area contributed by atoms with Crippen LogP contribution in [0.15, 0.2) is 59.5 Å². The van der Waals surface area contributed by atoms with Gasteiger partial charge >= 0.3 is 0 Å². The van der Waals surface area contributed by atoms with E-state index in [1.165, 1.54) is 12.1 Å². The van der Waals surface area contributed by atoms with E-state index >= 15 is 0 Å². The first-order chi connectivity index (χ1) is 13.7. The van der Waals surface area contributed by atoms with Crippen LogP contribution in [0.25, 0.3) is 0 Å². The number of nitrogens with one attached hydrogen (secondary N) is 1. The highest BCUT2D eigenvalue weighted by Gasteiger charge is 2.36. The minimum atomic E-state index is -4.74. The third-order valence-corrected chi connectivity index (χ3v) is 5.70. The van der Waals surface area contributed by atoms with Gasteiger partial charge in [0.2, 0.25) is 0 Å². The second-order valence-electron chi connectivity index (χ2n) is 6.76. The molecule has 0 heterocycles. The summed E-state index contributed by atoms with van der Waals surface area (Å²) in [6.45, 7) is 1.91. The van der Waals surface area contributed by atoms with Crippen molar-refractivity contribution in [3.05, 3.63) is 82.4 Å². The van der Waals surface area contributed by atoms with Crippen LogP contribution in [0.2, 0.25) is 0 Å². The summed E-state index contributed by atoms with van der Waals surface area (Å²) in [5.74, 6) is -1.04. The molecular formula is C21H16N2O5S. The lowest BCUT2D eigenvalue weighted by Gasteiger charge is -2.23. The fourth-order valence-corrected chi connectivity index (χ4v) is 4.04. The lowest BCUT2D eigenvalue weighted by atomic mass is 9.82. The molecule has 0 saturated carbocycles. The SMILES string of the molecule is Cc1ccc(Nc2cc(S(=O)(=O)O)c(N)c3c2C(=O)c2ccccc2C3=O)cc1. The van der Waals surface area contributed by atoms with E-state index in [9.17, 15) is 22.6 Å². The zero-order valence-electron chi connectivity index (χ0n) is 15.3. The zero-order valence-corrected chi connectivity index (χ0v) is 16.1. The van der Waals surface area contributed by atoms with Crippen LogP contribution < -0.4 is 11.1 Å². The summed E-state index contributed by atoms with van der Waals surface area (Å²) in [7, 11) is -4.74. The summed E-state index contributed by atoms with van der Waals surface area (Å²) in [6, 6.07) is 14.5. The number of carbonyl (C=O) groups excluding carboxylic acids is 2. The number of rotatable bonds is 3. The van der Waals surface area contributed by atoms with E-state index in [-0.39, 0.29) is 27.9 Å². The second-order valence-corrected chi connectivity index (χ2v) is 8.15. The molecule has 8 heteroatoms. The van der Waals surface area contributed by atoms with Gasteiger partial charge in [-0.25, -0.2) is 0 Å². The number of anilines is 3. The van der Waals surface area contributed by atoms with Crippen molar-refractivity contribution >= 4 is 38.7 Å². The Balaban J connectivity index is 2.02. The van der Waals surface area contributed by atoms with Crippen molar-refractivity contribution in [3.8, 4) is 0 Å². The van der Waals surface area contributed by atoms with Gasteiger partial charge in [-0.2, -0.15) is 8.42 Å². The number of ketones is 2. The molecule has 4 rings (SSSR count). The maximum atomic E-state index is 13.2. The Morgan fingerprint density at radius 3 is 2.00 bits per heavy atom. The van der Waals surface area contributed by atoms with Crippen molar-refractivity contribution in [1.29, 1.82) is 0 Å². The summed E-state index contributed by atoms with van der Waals surface area (Å²) in [6.07, 6.45) is 0. The Morgan fingerprint density at radius 2 is 1.45 bits per heavy atom. The third-order valence-electron chi connectivity index (χ3n) is 4.81. The molecule has 3 aromatic rings. The lowest BCUT2D eigenvalue weighted by molar-refractivity contribution is 0.0980. The molecule has 0 bridgehead atoms. The molecule has 29 heavy (non-hydrogen) atoms. The molecule has 146 valence electrons. The average molecular weight is 408 g/mol. The number of benzene rings is 3. The van der Waals surface area contributed by atoms with Crippen molar-refractivity contribution in [1.82, 2.24) is 0 Å². The summed E-state index contributed by atoms with van der Waals surface area (Å²) in [4.78, 5) is 25.6. The predicted octanol–water partition coefficient (Wildman–Crippen LogP) is 3.34. The second kappa shape index (κ2) is 6.54. The molecule has 0 radical (unpaired) electrons. The van der Waals surface area contributed by atoms with Crippen molar-refractivity contribution in [2.45, 2.75) is 11.8 Å². The summed E-state index contributed by atoms with van der Waals surface area (Å²) in [5, 5.41) is 2.98. The van der Waals surface area contributed by atoms with Crippen LogP contribution in [0.3, 0.4) is 0 Å². The van der Waals surface area contributed by atoms with Gasteiger partial charge in [0.15, 0.2) is 11.6 Å². The number of aryl methyl sites for hydroxylation is 1. The van der Waals surface area contributed by atoms with Gasteiger partial charge in [-0.05, 0) is 25.1 Å². The normalized spacial score (nSPS) is 13.0. The van der Waals surface area contributed by atoms with Crippen LogP contribution in [0.4, 0.5) is 17.1 Å². The summed E-state index contributed by atoms with van der Waals surface area (Å²) < 4.78 is 33.4. The lowest BCUT2D eigenvalue weighted by Crippen LogP contribution is -2.25. The molecule has 0 aromatic heterocycles. The van der Waals surface area contributed by atoms with E-state index < -0.39 is 32.3 Å². The fraction of sp³-hybridized carbons (Fsp3) is 0.0476. The number of nitrogen functional groups attached to an aromatic ring is 1.